The average molecular weight is 327 g/mol. The van der Waals surface area contributed by atoms with Crippen molar-refractivity contribution < 1.29 is 9.59 Å². The molecule has 0 saturated carbocycles. The molecule has 0 aliphatic carbocycles. The minimum Gasteiger partial charge on any atom is -0.349 e. The fourth-order valence-corrected chi connectivity index (χ4v) is 2.01. The van der Waals surface area contributed by atoms with Gasteiger partial charge < -0.3 is 15.5 Å². The van der Waals surface area contributed by atoms with Crippen LogP contribution in [0.3, 0.4) is 0 Å². The average Bonchev–Trinajstić information content (AvgIpc) is 2.63. The maximum Gasteiger partial charge on any atom is 0.269 e. The van der Waals surface area contributed by atoms with Gasteiger partial charge in [-0.25, -0.2) is 0 Å². The van der Waals surface area contributed by atoms with Crippen molar-refractivity contribution >= 4 is 11.8 Å². The van der Waals surface area contributed by atoms with Crippen molar-refractivity contribution in [3.8, 4) is 0 Å². The Labute approximate surface area is 141 Å². The van der Waals surface area contributed by atoms with Gasteiger partial charge in [-0.2, -0.15) is 0 Å². The minimum absolute atomic E-state index is 0.188. The number of carbonyl (C=O) groups is 2. The highest BCUT2D eigenvalue weighted by atomic mass is 16.2. The minimum atomic E-state index is -0.188. The van der Waals surface area contributed by atoms with E-state index >= 15 is 0 Å². The van der Waals surface area contributed by atoms with Gasteiger partial charge in [0.25, 0.3) is 11.8 Å². The molecule has 0 radical (unpaired) electrons. The van der Waals surface area contributed by atoms with Crippen LogP contribution in [0.25, 0.3) is 0 Å². The number of carbonyl (C=O) groups excluding carboxylic acids is 2. The highest BCUT2D eigenvalue weighted by Crippen LogP contribution is 1.93. The molecule has 2 aromatic rings. The Balaban J connectivity index is 1.61. The lowest BCUT2D eigenvalue weighted by Gasteiger charge is -2.17. The van der Waals surface area contributed by atoms with Gasteiger partial charge in [-0.05, 0) is 31.3 Å². The SMILES string of the molecule is CN(CCNC(=O)c1ccccn1)CCNC(=O)c1ccccn1. The van der Waals surface area contributed by atoms with Gasteiger partial charge in [0.05, 0.1) is 0 Å². The maximum absolute atomic E-state index is 11.8. The number of aromatic nitrogens is 2. The van der Waals surface area contributed by atoms with E-state index < -0.39 is 0 Å². The Morgan fingerprint density at radius 2 is 1.33 bits per heavy atom. The van der Waals surface area contributed by atoms with Crippen LogP contribution in [0.15, 0.2) is 48.8 Å². The molecule has 2 heterocycles. The molecule has 7 heteroatoms. The number of nitrogens with one attached hydrogen (secondary N) is 2. The summed E-state index contributed by atoms with van der Waals surface area (Å²) in [4.78, 5) is 33.7. The third-order valence-corrected chi connectivity index (χ3v) is 3.35. The molecule has 2 rings (SSSR count). The van der Waals surface area contributed by atoms with Crippen molar-refractivity contribution in [2.75, 3.05) is 33.2 Å². The van der Waals surface area contributed by atoms with Crippen LogP contribution in [0.5, 0.6) is 0 Å². The van der Waals surface area contributed by atoms with E-state index in [1.807, 2.05) is 11.9 Å². The van der Waals surface area contributed by atoms with Crippen LogP contribution in [0.1, 0.15) is 21.0 Å². The zero-order valence-corrected chi connectivity index (χ0v) is 13.6. The van der Waals surface area contributed by atoms with E-state index in [1.54, 1.807) is 48.8 Å². The van der Waals surface area contributed by atoms with Crippen LogP contribution >= 0.6 is 0 Å². The van der Waals surface area contributed by atoms with Gasteiger partial charge in [0.15, 0.2) is 0 Å². The van der Waals surface area contributed by atoms with Crippen molar-refractivity contribution in [2.45, 2.75) is 0 Å². The highest BCUT2D eigenvalue weighted by Gasteiger charge is 2.07. The third kappa shape index (κ3) is 5.77. The lowest BCUT2D eigenvalue weighted by Crippen LogP contribution is -2.37. The maximum atomic E-state index is 11.8. The van der Waals surface area contributed by atoms with Crippen LogP contribution in [0.4, 0.5) is 0 Å². The number of nitrogens with zero attached hydrogens (tertiary/aromatic N) is 3. The summed E-state index contributed by atoms with van der Waals surface area (Å²) in [5, 5.41) is 5.63. The van der Waals surface area contributed by atoms with Gasteiger partial charge in [0.1, 0.15) is 11.4 Å². The number of rotatable bonds is 8. The van der Waals surface area contributed by atoms with Gasteiger partial charge in [0.2, 0.25) is 0 Å². The molecule has 0 aromatic carbocycles. The van der Waals surface area contributed by atoms with Gasteiger partial charge in [-0.15, -0.1) is 0 Å². The largest absolute Gasteiger partial charge is 0.349 e. The molecular weight excluding hydrogens is 306 g/mol. The van der Waals surface area contributed by atoms with Crippen LogP contribution in [0.2, 0.25) is 0 Å². The summed E-state index contributed by atoms with van der Waals surface area (Å²) >= 11 is 0. The van der Waals surface area contributed by atoms with E-state index in [4.69, 9.17) is 0 Å². The standard InChI is InChI=1S/C17H21N5O2/c1-22(12-10-20-16(23)14-6-2-4-8-18-14)13-11-21-17(24)15-7-3-5-9-19-15/h2-9H,10-13H2,1H3,(H,20,23)(H,21,24). The second kappa shape index (κ2) is 9.36. The van der Waals surface area contributed by atoms with E-state index in [2.05, 4.69) is 20.6 Å². The summed E-state index contributed by atoms with van der Waals surface area (Å²) < 4.78 is 0. The molecule has 7 nitrogen and oxygen atoms in total. The Kier molecular flexibility index (Phi) is 6.85. The molecule has 0 aliphatic heterocycles. The van der Waals surface area contributed by atoms with E-state index in [1.165, 1.54) is 0 Å². The summed E-state index contributed by atoms with van der Waals surface area (Å²) in [7, 11) is 1.93. The molecule has 2 N–H and O–H groups in total. The van der Waals surface area contributed by atoms with Crippen molar-refractivity contribution in [2.24, 2.45) is 0 Å². The van der Waals surface area contributed by atoms with Crippen LogP contribution in [-0.2, 0) is 0 Å². The molecule has 24 heavy (non-hydrogen) atoms. The summed E-state index contributed by atoms with van der Waals surface area (Å²) in [6.45, 7) is 2.39. The summed E-state index contributed by atoms with van der Waals surface area (Å²) in [6.07, 6.45) is 3.18. The second-order valence-corrected chi connectivity index (χ2v) is 5.25. The first-order valence-corrected chi connectivity index (χ1v) is 7.74. The smallest absolute Gasteiger partial charge is 0.269 e. The zero-order valence-electron chi connectivity index (χ0n) is 13.6. The van der Waals surface area contributed by atoms with Crippen molar-refractivity contribution in [3.05, 3.63) is 60.2 Å². The van der Waals surface area contributed by atoms with E-state index in [9.17, 15) is 9.59 Å². The molecule has 2 amide bonds. The van der Waals surface area contributed by atoms with Crippen LogP contribution in [0, 0.1) is 0 Å². The van der Waals surface area contributed by atoms with E-state index in [-0.39, 0.29) is 11.8 Å². The van der Waals surface area contributed by atoms with E-state index in [0.29, 0.717) is 37.6 Å². The lowest BCUT2D eigenvalue weighted by atomic mass is 10.3. The molecule has 0 saturated heterocycles. The first-order chi connectivity index (χ1) is 11.7. The van der Waals surface area contributed by atoms with Gasteiger partial charge in [0, 0.05) is 38.6 Å². The van der Waals surface area contributed by atoms with E-state index in [0.717, 1.165) is 0 Å². The first kappa shape index (κ1) is 17.6. The monoisotopic (exact) mass is 327 g/mol. The normalized spacial score (nSPS) is 10.4. The van der Waals surface area contributed by atoms with Crippen molar-refractivity contribution in [1.29, 1.82) is 0 Å². The zero-order chi connectivity index (χ0) is 17.2. The number of likely N-dealkylation sites (N-methyl/N-ethyl adjacent to an activating group) is 1. The predicted octanol–water partition coefficient (Wildman–Crippen LogP) is 0.568. The third-order valence-electron chi connectivity index (χ3n) is 3.35. The van der Waals surface area contributed by atoms with Crippen molar-refractivity contribution in [1.82, 2.24) is 25.5 Å². The Bertz CT molecular complexity index is 591. The lowest BCUT2D eigenvalue weighted by molar-refractivity contribution is 0.0943. The Morgan fingerprint density at radius 1 is 0.875 bits per heavy atom. The van der Waals surface area contributed by atoms with Gasteiger partial charge >= 0.3 is 0 Å². The fourth-order valence-electron chi connectivity index (χ4n) is 2.01. The topological polar surface area (TPSA) is 87.2 Å². The summed E-state index contributed by atoms with van der Waals surface area (Å²) in [6, 6.07) is 10.4. The predicted molar refractivity (Wildman–Crippen MR) is 90.6 cm³/mol. The molecule has 0 atom stereocenters. The highest BCUT2D eigenvalue weighted by molar-refractivity contribution is 5.92. The summed E-state index contributed by atoms with van der Waals surface area (Å²) in [5.41, 5.74) is 0.811. The molecule has 2 aromatic heterocycles. The molecular formula is C17H21N5O2. The quantitative estimate of drug-likeness (QED) is 0.740. The van der Waals surface area contributed by atoms with Gasteiger partial charge in [-0.3, -0.25) is 19.6 Å². The molecule has 0 unspecified atom stereocenters. The Hall–Kier alpha value is -2.80. The van der Waals surface area contributed by atoms with Crippen LogP contribution in [-0.4, -0.2) is 59.9 Å². The number of pyridine rings is 2. The van der Waals surface area contributed by atoms with Crippen molar-refractivity contribution in [3.63, 3.8) is 0 Å². The molecule has 0 aliphatic rings. The number of amides is 2. The molecule has 0 spiro atoms. The number of hydrogen-bond acceptors (Lipinski definition) is 5. The second-order valence-electron chi connectivity index (χ2n) is 5.25. The Morgan fingerprint density at radius 3 is 1.71 bits per heavy atom. The molecule has 0 fully saturated rings. The van der Waals surface area contributed by atoms with Gasteiger partial charge in [-0.1, -0.05) is 12.1 Å². The summed E-state index contributed by atoms with van der Waals surface area (Å²) in [5.74, 6) is -0.375. The fraction of sp³-hybridized carbons (Fsp3) is 0.294. The molecule has 126 valence electrons. The van der Waals surface area contributed by atoms with Crippen LogP contribution < -0.4 is 10.6 Å². The molecule has 0 bridgehead atoms. The first-order valence-electron chi connectivity index (χ1n) is 7.74. The number of hydrogen-bond donors (Lipinski definition) is 2.